The van der Waals surface area contributed by atoms with Crippen LogP contribution in [0.2, 0.25) is 0 Å². The summed E-state index contributed by atoms with van der Waals surface area (Å²) in [6.07, 6.45) is -4.05. The number of hydrogen-bond acceptors (Lipinski definition) is 15. The van der Waals surface area contributed by atoms with Gasteiger partial charge in [-0.15, -0.1) is 0 Å². The first-order valence-corrected chi connectivity index (χ1v) is 14.7. The fourth-order valence-electron chi connectivity index (χ4n) is 2.77. The maximum atomic E-state index is 12.0. The molecule has 0 spiro atoms. The van der Waals surface area contributed by atoms with Crippen molar-refractivity contribution in [2.75, 3.05) is 12.3 Å². The lowest BCUT2D eigenvalue weighted by Gasteiger charge is -2.20. The Kier molecular flexibility index (Phi) is 8.04. The van der Waals surface area contributed by atoms with Crippen molar-refractivity contribution in [3.05, 3.63) is 12.7 Å². The minimum atomic E-state index is -6.00. The number of rotatable bonds is 10. The molecule has 0 bridgehead atoms. The Hall–Kier alpha value is -1.21. The Labute approximate surface area is 193 Å². The maximum absolute atomic E-state index is 12.0. The fourth-order valence-corrected chi connectivity index (χ4v) is 7.23. The lowest BCUT2D eigenvalue weighted by atomic mass is 10.1. The van der Waals surface area contributed by atoms with Crippen LogP contribution in [0.1, 0.15) is 6.23 Å². The van der Waals surface area contributed by atoms with Crippen LogP contribution in [-0.4, -0.2) is 79.1 Å². The number of aliphatic hydroxyl groups excluding tert-OH is 2. The number of anilines is 1. The number of nitrogen functional groups attached to an aromatic ring is 1. The summed E-state index contributed by atoms with van der Waals surface area (Å²) in [6.45, 7) is -1.05. The number of aliphatic hydroxyl groups is 2. The number of ether oxygens (including phenoxy) is 1. The van der Waals surface area contributed by atoms with E-state index in [1.54, 1.807) is 0 Å². The minimum absolute atomic E-state index is 0.00862. The van der Waals surface area contributed by atoms with Crippen LogP contribution in [0.5, 0.6) is 0 Å². The predicted molar refractivity (Wildman–Crippen MR) is 106 cm³/mol. The van der Waals surface area contributed by atoms with Crippen molar-refractivity contribution < 1.29 is 75.1 Å². The molecule has 3 heterocycles. The molecule has 1 aliphatic heterocycles. The molecule has 2 aromatic rings. The smallest absolute Gasteiger partial charge is 0.387 e. The molecule has 0 saturated carbocycles. The van der Waals surface area contributed by atoms with E-state index >= 15 is 0 Å². The van der Waals surface area contributed by atoms with Crippen molar-refractivity contribution >= 4 is 48.3 Å². The molecule has 35 heavy (non-hydrogen) atoms. The van der Waals surface area contributed by atoms with Crippen LogP contribution in [0, 0.1) is 0 Å². The highest BCUT2D eigenvalue weighted by atomic mass is 31.3. The molecule has 1 aliphatic rings. The van der Waals surface area contributed by atoms with Crippen molar-refractivity contribution in [2.45, 2.75) is 24.5 Å². The average Bonchev–Trinajstić information content (AvgIpc) is 3.19. The van der Waals surface area contributed by atoms with E-state index in [4.69, 9.17) is 25.2 Å². The normalized spacial score (nSPS) is 28.4. The number of phosphoric ester groups is 1. The number of aromatic nitrogens is 4. The summed E-state index contributed by atoms with van der Waals surface area (Å²) in [5, 5.41) is 20.5. The molecule has 7 atom stereocenters. The molecule has 9 N–H and O–H groups in total. The monoisotopic (exact) mass is 587 g/mol. The zero-order valence-corrected chi connectivity index (χ0v) is 20.2. The Morgan fingerprint density at radius 1 is 0.914 bits per heavy atom. The van der Waals surface area contributed by atoms with E-state index < -0.39 is 62.4 Å². The Morgan fingerprint density at radius 2 is 1.51 bits per heavy atom. The van der Waals surface area contributed by atoms with Gasteiger partial charge >= 0.3 is 31.3 Å². The molecule has 0 amide bonds. The SMILES string of the molecule is Nc1ncnc2c1ncn2[C@@H]1O[C@H](COP(=O)(O)OP(=O)(O)OP(=O)(O)OP(=O)(O)O)C(O)[C@@H]1O. The summed E-state index contributed by atoms with van der Waals surface area (Å²) in [6, 6.07) is 0. The van der Waals surface area contributed by atoms with Gasteiger partial charge in [0.2, 0.25) is 0 Å². The van der Waals surface area contributed by atoms with Crippen molar-refractivity contribution in [3.8, 4) is 0 Å². The minimum Gasteiger partial charge on any atom is -0.387 e. The Morgan fingerprint density at radius 3 is 2.14 bits per heavy atom. The van der Waals surface area contributed by atoms with Crippen LogP contribution in [-0.2, 0) is 40.5 Å². The van der Waals surface area contributed by atoms with E-state index in [0.717, 1.165) is 12.7 Å². The first-order valence-electron chi connectivity index (χ1n) is 8.67. The van der Waals surface area contributed by atoms with Crippen molar-refractivity contribution in [3.63, 3.8) is 0 Å². The third-order valence-electron chi connectivity index (χ3n) is 4.02. The van der Waals surface area contributed by atoms with E-state index in [0.29, 0.717) is 0 Å². The highest BCUT2D eigenvalue weighted by Crippen LogP contribution is 2.70. The zero-order chi connectivity index (χ0) is 26.4. The molecule has 1 fully saturated rings. The molecule has 21 nitrogen and oxygen atoms in total. The molecule has 1 saturated heterocycles. The maximum Gasteiger partial charge on any atom is 0.490 e. The second-order valence-electron chi connectivity index (χ2n) is 6.57. The molecular formula is C10H17N5O16P4. The van der Waals surface area contributed by atoms with Gasteiger partial charge in [0.15, 0.2) is 17.7 Å². The molecule has 3 rings (SSSR count). The number of nitrogens with two attached hydrogens (primary N) is 1. The van der Waals surface area contributed by atoms with E-state index in [1.807, 2.05) is 0 Å². The van der Waals surface area contributed by atoms with Gasteiger partial charge in [-0.3, -0.25) is 9.09 Å². The summed E-state index contributed by atoms with van der Waals surface area (Å²) >= 11 is 0. The number of phosphoric acid groups is 4. The molecule has 4 unspecified atom stereocenters. The predicted octanol–water partition coefficient (Wildman–Crippen LogP) is -1.51. The van der Waals surface area contributed by atoms with Crippen molar-refractivity contribution in [2.24, 2.45) is 0 Å². The van der Waals surface area contributed by atoms with Crippen LogP contribution in [0.4, 0.5) is 5.82 Å². The summed E-state index contributed by atoms with van der Waals surface area (Å²) < 4.78 is 67.0. The lowest BCUT2D eigenvalue weighted by molar-refractivity contribution is -0.0503. The standard InChI is InChI=1S/C10H17N5O16P4/c11-8-5-9(13-2-12-8)15(3-14-5)10-7(17)6(16)4(28-10)1-27-33(21,22)30-35(25,26)31-34(23,24)29-32(18,19)20/h2-4,6-7,10,16-17H,1H2,(H,21,22)(H,23,24)(H,25,26)(H2,11,12,13)(H2,18,19,20)/t4-,6?,7+,10-/m1/s1. The molecular weight excluding hydrogens is 570 g/mol. The van der Waals surface area contributed by atoms with Gasteiger partial charge in [0, 0.05) is 0 Å². The number of hydrogen-bond donors (Lipinski definition) is 8. The van der Waals surface area contributed by atoms with E-state index in [2.05, 4.69) is 32.4 Å². The van der Waals surface area contributed by atoms with Crippen molar-refractivity contribution in [1.29, 1.82) is 0 Å². The second kappa shape index (κ2) is 9.92. The van der Waals surface area contributed by atoms with E-state index in [-0.39, 0.29) is 17.0 Å². The van der Waals surface area contributed by atoms with E-state index in [1.165, 1.54) is 4.57 Å². The van der Waals surface area contributed by atoms with Gasteiger partial charge in [0.1, 0.15) is 30.2 Å². The number of nitrogens with zero attached hydrogens (tertiary/aromatic N) is 4. The van der Waals surface area contributed by atoms with Crippen LogP contribution < -0.4 is 5.73 Å². The summed E-state index contributed by atoms with van der Waals surface area (Å²) in [7, 11) is -23.3. The van der Waals surface area contributed by atoms with Crippen molar-refractivity contribution in [1.82, 2.24) is 19.5 Å². The highest BCUT2D eigenvalue weighted by molar-refractivity contribution is 7.69. The van der Waals surface area contributed by atoms with Gasteiger partial charge in [0.05, 0.1) is 12.9 Å². The quantitative estimate of drug-likeness (QED) is 0.146. The van der Waals surface area contributed by atoms with Gasteiger partial charge < -0.3 is 45.2 Å². The summed E-state index contributed by atoms with van der Waals surface area (Å²) in [5.74, 6) is 0.00862. The first kappa shape index (κ1) is 28.4. The lowest BCUT2D eigenvalue weighted by Crippen LogP contribution is -2.33. The van der Waals surface area contributed by atoms with Crippen LogP contribution in [0.3, 0.4) is 0 Å². The molecule has 2 aromatic heterocycles. The first-order chi connectivity index (χ1) is 15.9. The average molecular weight is 587 g/mol. The summed E-state index contributed by atoms with van der Waals surface area (Å²) in [5.41, 5.74) is 5.92. The van der Waals surface area contributed by atoms with Gasteiger partial charge in [-0.25, -0.2) is 33.2 Å². The zero-order valence-electron chi connectivity index (χ0n) is 16.6. The largest absolute Gasteiger partial charge is 0.490 e. The number of imidazole rings is 1. The van der Waals surface area contributed by atoms with Gasteiger partial charge in [-0.1, -0.05) is 0 Å². The van der Waals surface area contributed by atoms with Gasteiger partial charge in [0.25, 0.3) is 0 Å². The molecule has 0 aliphatic carbocycles. The number of fused-ring (bicyclic) bond motifs is 1. The van der Waals surface area contributed by atoms with Crippen LogP contribution >= 0.6 is 31.3 Å². The Balaban J connectivity index is 1.65. The third kappa shape index (κ3) is 7.18. The van der Waals surface area contributed by atoms with E-state index in [9.17, 15) is 38.3 Å². The van der Waals surface area contributed by atoms with Crippen LogP contribution in [0.25, 0.3) is 11.2 Å². The van der Waals surface area contributed by atoms with Gasteiger partial charge in [-0.05, 0) is 0 Å². The molecule has 198 valence electrons. The fraction of sp³-hybridized carbons (Fsp3) is 0.500. The van der Waals surface area contributed by atoms with Crippen LogP contribution in [0.15, 0.2) is 12.7 Å². The summed E-state index contributed by atoms with van der Waals surface area (Å²) in [4.78, 5) is 56.5. The Bertz CT molecular complexity index is 1280. The topological polar surface area (TPSA) is 326 Å². The highest BCUT2D eigenvalue weighted by Gasteiger charge is 2.48. The third-order valence-corrected chi connectivity index (χ3v) is 9.48. The molecule has 0 aromatic carbocycles. The van der Waals surface area contributed by atoms with Gasteiger partial charge in [-0.2, -0.15) is 12.9 Å². The molecule has 0 radical (unpaired) electrons. The second-order valence-corrected chi connectivity index (χ2v) is 12.6. The molecule has 25 heteroatoms.